The molecule has 0 aliphatic carbocycles. The van der Waals surface area contributed by atoms with E-state index in [9.17, 15) is 4.79 Å². The third-order valence-electron chi connectivity index (χ3n) is 4.51. The highest BCUT2D eigenvalue weighted by Crippen LogP contribution is 2.50. The van der Waals surface area contributed by atoms with Gasteiger partial charge in [0.2, 0.25) is 0 Å². The van der Waals surface area contributed by atoms with Crippen LogP contribution in [-0.2, 0) is 4.79 Å². The molecule has 3 nitrogen and oxygen atoms in total. The zero-order valence-corrected chi connectivity index (χ0v) is 15.5. The minimum absolute atomic E-state index is 0.105. The maximum Gasteiger partial charge on any atom is 0.151 e. The maximum atomic E-state index is 11.8. The summed E-state index contributed by atoms with van der Waals surface area (Å²) in [7, 11) is 1.80. The molecular weight excluding hydrogens is 342 g/mol. The smallest absolute Gasteiger partial charge is 0.151 e. The highest BCUT2D eigenvalue weighted by atomic mass is 32.2. The molecule has 26 heavy (non-hydrogen) atoms. The summed E-state index contributed by atoms with van der Waals surface area (Å²) < 4.78 is 6.21. The lowest BCUT2D eigenvalue weighted by Crippen LogP contribution is -2.23. The van der Waals surface area contributed by atoms with E-state index in [0.717, 1.165) is 38.0 Å². The molecule has 1 atom stereocenters. The van der Waals surface area contributed by atoms with E-state index in [0.29, 0.717) is 0 Å². The summed E-state index contributed by atoms with van der Waals surface area (Å²) in [6, 6.07) is 22.1. The van der Waals surface area contributed by atoms with Crippen LogP contribution in [0.1, 0.15) is 18.5 Å². The average molecular weight is 361 g/mol. The number of likely N-dealkylation sites (N-methyl/N-ethyl adjacent to an activating group) is 1. The highest BCUT2D eigenvalue weighted by Gasteiger charge is 2.21. The molecule has 3 aromatic carbocycles. The molecule has 0 radical (unpaired) electrons. The van der Waals surface area contributed by atoms with Crippen LogP contribution in [0.4, 0.5) is 0 Å². The Bertz CT molecular complexity index is 966. The Balaban J connectivity index is 1.71. The molecule has 1 aliphatic rings. The van der Waals surface area contributed by atoms with Crippen molar-refractivity contribution >= 4 is 17.5 Å². The standard InChI is InChI=1S/C22H19NO2S/c1-14(24)21(23-2)16-12-10-15(11-13-16)17-6-5-9-20-22(17)25-18-7-3-4-8-19(18)26-20/h3-13,21,23H,1-2H3. The summed E-state index contributed by atoms with van der Waals surface area (Å²) in [5.74, 6) is 1.88. The number of hydrogen-bond acceptors (Lipinski definition) is 4. The molecule has 0 amide bonds. The predicted octanol–water partition coefficient (Wildman–Crippen LogP) is 5.46. The van der Waals surface area contributed by atoms with Gasteiger partial charge in [-0.25, -0.2) is 0 Å². The zero-order valence-electron chi connectivity index (χ0n) is 14.7. The number of fused-ring (bicyclic) bond motifs is 2. The minimum Gasteiger partial charge on any atom is -0.454 e. The van der Waals surface area contributed by atoms with Gasteiger partial charge in [-0.1, -0.05) is 60.3 Å². The van der Waals surface area contributed by atoms with Crippen molar-refractivity contribution in [3.63, 3.8) is 0 Å². The molecule has 4 rings (SSSR count). The molecule has 0 saturated heterocycles. The molecule has 0 fully saturated rings. The van der Waals surface area contributed by atoms with E-state index in [1.807, 2.05) is 42.5 Å². The molecule has 0 aromatic heterocycles. The van der Waals surface area contributed by atoms with Crippen molar-refractivity contribution in [2.45, 2.75) is 22.8 Å². The Morgan fingerprint density at radius 1 is 0.962 bits per heavy atom. The van der Waals surface area contributed by atoms with E-state index in [1.54, 1.807) is 25.7 Å². The summed E-state index contributed by atoms with van der Waals surface area (Å²) in [6.07, 6.45) is 0. The monoisotopic (exact) mass is 361 g/mol. The number of carbonyl (C=O) groups excluding carboxylic acids is 1. The number of ether oxygens (including phenoxy) is 1. The molecule has 1 N–H and O–H groups in total. The van der Waals surface area contributed by atoms with Crippen molar-refractivity contribution in [2.75, 3.05) is 7.05 Å². The van der Waals surface area contributed by atoms with Crippen LogP contribution in [-0.4, -0.2) is 12.8 Å². The van der Waals surface area contributed by atoms with E-state index in [-0.39, 0.29) is 11.8 Å². The van der Waals surface area contributed by atoms with E-state index in [1.165, 1.54) is 0 Å². The summed E-state index contributed by atoms with van der Waals surface area (Å²) in [6.45, 7) is 1.60. The first-order chi connectivity index (χ1) is 12.7. The van der Waals surface area contributed by atoms with Crippen LogP contribution < -0.4 is 10.1 Å². The number of rotatable bonds is 4. The first-order valence-corrected chi connectivity index (χ1v) is 9.35. The second kappa shape index (κ2) is 6.98. The Morgan fingerprint density at radius 3 is 2.42 bits per heavy atom. The van der Waals surface area contributed by atoms with Crippen molar-refractivity contribution in [3.05, 3.63) is 72.3 Å². The SMILES string of the molecule is CNC(C(C)=O)c1ccc(-c2cccc3c2Oc2ccccc2S3)cc1. The van der Waals surface area contributed by atoms with E-state index >= 15 is 0 Å². The van der Waals surface area contributed by atoms with Crippen molar-refractivity contribution in [3.8, 4) is 22.6 Å². The van der Waals surface area contributed by atoms with Crippen molar-refractivity contribution in [1.82, 2.24) is 5.32 Å². The van der Waals surface area contributed by atoms with Gasteiger partial charge in [0.15, 0.2) is 5.78 Å². The highest BCUT2D eigenvalue weighted by molar-refractivity contribution is 7.99. The van der Waals surface area contributed by atoms with Gasteiger partial charge in [-0.3, -0.25) is 4.79 Å². The second-order valence-electron chi connectivity index (χ2n) is 6.24. The molecule has 3 aromatic rings. The molecule has 1 unspecified atom stereocenters. The maximum absolute atomic E-state index is 11.8. The number of nitrogens with one attached hydrogen (secondary N) is 1. The number of Topliss-reactive ketones (excluding diaryl/α,β-unsaturated/α-hetero) is 1. The molecule has 1 aliphatic heterocycles. The van der Waals surface area contributed by atoms with Gasteiger partial charge >= 0.3 is 0 Å². The second-order valence-corrected chi connectivity index (χ2v) is 7.32. The summed E-state index contributed by atoms with van der Waals surface area (Å²) in [4.78, 5) is 14.0. The summed E-state index contributed by atoms with van der Waals surface area (Å²) >= 11 is 1.73. The lowest BCUT2D eigenvalue weighted by molar-refractivity contribution is -0.119. The first-order valence-electron chi connectivity index (χ1n) is 8.53. The molecule has 4 heteroatoms. The molecule has 0 saturated carbocycles. The van der Waals surface area contributed by atoms with E-state index in [4.69, 9.17) is 4.74 Å². The third-order valence-corrected chi connectivity index (χ3v) is 5.61. The Kier molecular flexibility index (Phi) is 4.53. The lowest BCUT2D eigenvalue weighted by Gasteiger charge is -2.22. The Hall–Kier alpha value is -2.56. The van der Waals surface area contributed by atoms with E-state index < -0.39 is 0 Å². The normalized spacial score (nSPS) is 13.3. The largest absolute Gasteiger partial charge is 0.454 e. The van der Waals surface area contributed by atoms with Gasteiger partial charge in [0, 0.05) is 5.56 Å². The first kappa shape index (κ1) is 16.9. The van der Waals surface area contributed by atoms with Crippen molar-refractivity contribution < 1.29 is 9.53 Å². The van der Waals surface area contributed by atoms with Gasteiger partial charge in [-0.2, -0.15) is 0 Å². The van der Waals surface area contributed by atoms with Gasteiger partial charge in [0.25, 0.3) is 0 Å². The van der Waals surface area contributed by atoms with Crippen LogP contribution >= 0.6 is 11.8 Å². The van der Waals surface area contributed by atoms with Crippen LogP contribution in [0.2, 0.25) is 0 Å². The molecule has 0 bridgehead atoms. The van der Waals surface area contributed by atoms with Crippen molar-refractivity contribution in [1.29, 1.82) is 0 Å². The Morgan fingerprint density at radius 2 is 1.69 bits per heavy atom. The average Bonchev–Trinajstić information content (AvgIpc) is 2.67. The van der Waals surface area contributed by atoms with Crippen LogP contribution in [0.5, 0.6) is 11.5 Å². The summed E-state index contributed by atoms with van der Waals surface area (Å²) in [5, 5.41) is 3.06. The fourth-order valence-electron chi connectivity index (χ4n) is 3.24. The summed E-state index contributed by atoms with van der Waals surface area (Å²) in [5.41, 5.74) is 3.10. The number of benzene rings is 3. The van der Waals surface area contributed by atoms with Gasteiger partial charge in [-0.05, 0) is 43.3 Å². The third kappa shape index (κ3) is 3.02. The quantitative estimate of drug-likeness (QED) is 0.524. The Labute approximate surface area is 157 Å². The van der Waals surface area contributed by atoms with Gasteiger partial charge in [-0.15, -0.1) is 0 Å². The number of carbonyl (C=O) groups is 1. The zero-order chi connectivity index (χ0) is 18.1. The minimum atomic E-state index is -0.271. The fourth-order valence-corrected chi connectivity index (χ4v) is 4.22. The predicted molar refractivity (Wildman–Crippen MR) is 105 cm³/mol. The van der Waals surface area contributed by atoms with Gasteiger partial charge in [0.1, 0.15) is 11.5 Å². The number of para-hydroxylation sites is 2. The molecular formula is C22H19NO2S. The number of hydrogen-bond donors (Lipinski definition) is 1. The van der Waals surface area contributed by atoms with Crippen LogP contribution in [0, 0.1) is 0 Å². The molecule has 1 heterocycles. The lowest BCUT2D eigenvalue weighted by atomic mass is 9.98. The van der Waals surface area contributed by atoms with Crippen LogP contribution in [0.25, 0.3) is 11.1 Å². The molecule has 0 spiro atoms. The van der Waals surface area contributed by atoms with Crippen LogP contribution in [0.15, 0.2) is 76.5 Å². The number of ketones is 1. The molecule has 130 valence electrons. The fraction of sp³-hybridized carbons (Fsp3) is 0.136. The topological polar surface area (TPSA) is 38.3 Å². The van der Waals surface area contributed by atoms with E-state index in [2.05, 4.69) is 29.6 Å². The van der Waals surface area contributed by atoms with Gasteiger partial charge in [0.05, 0.1) is 15.8 Å². The van der Waals surface area contributed by atoms with Crippen LogP contribution in [0.3, 0.4) is 0 Å². The van der Waals surface area contributed by atoms with Gasteiger partial charge < -0.3 is 10.1 Å². The van der Waals surface area contributed by atoms with Crippen molar-refractivity contribution in [2.24, 2.45) is 0 Å².